The number of H-pyrrole nitrogens is 2. The van der Waals surface area contributed by atoms with Crippen LogP contribution in [0.15, 0.2) is 28.8 Å². The van der Waals surface area contributed by atoms with E-state index in [1.54, 1.807) is 26.5 Å². The molecule has 1 aliphatic heterocycles. The van der Waals surface area contributed by atoms with Gasteiger partial charge in [-0.25, -0.2) is 4.98 Å². The number of imidazole rings is 1. The number of fused-ring (bicyclic) bond motifs is 1. The molecule has 0 saturated carbocycles. The van der Waals surface area contributed by atoms with Gasteiger partial charge in [0.1, 0.15) is 11.5 Å². The van der Waals surface area contributed by atoms with E-state index in [-0.39, 0.29) is 5.76 Å². The van der Waals surface area contributed by atoms with Crippen LogP contribution in [0.3, 0.4) is 0 Å². The molecule has 0 spiro atoms. The first kappa shape index (κ1) is 21.1. The van der Waals surface area contributed by atoms with Crippen molar-refractivity contribution >= 4 is 16.9 Å². The minimum atomic E-state index is -0.624. The van der Waals surface area contributed by atoms with Crippen LogP contribution in [0.1, 0.15) is 35.6 Å². The molecule has 33 heavy (non-hydrogen) atoms. The van der Waals surface area contributed by atoms with Crippen molar-refractivity contribution in [2.75, 3.05) is 27.3 Å². The molecule has 0 aliphatic carbocycles. The molecule has 1 aromatic carbocycles. The van der Waals surface area contributed by atoms with Crippen molar-refractivity contribution in [1.82, 2.24) is 25.1 Å². The number of ether oxygens (including phenoxy) is 2. The molecule has 4 N–H and O–H groups in total. The highest BCUT2D eigenvalue weighted by atomic mass is 16.5. The standard InChI is InChI=1S/C23H26N6O4/c1-31-18-9-16-17(10-19(18)32-2)27-23(26-16)20-15(11-25-28-20)14-8-13(33-21(14)22(24)30)12-29-6-4-3-5-7-29/h8-11H,3-7,12H2,1-2H3,(H2,24,30)(H,25,28)(H,26,27). The lowest BCUT2D eigenvalue weighted by molar-refractivity contribution is 0.0970. The van der Waals surface area contributed by atoms with Crippen LogP contribution in [0.25, 0.3) is 33.7 Å². The summed E-state index contributed by atoms with van der Waals surface area (Å²) in [4.78, 5) is 22.5. The first-order valence-electron chi connectivity index (χ1n) is 10.9. The number of nitrogens with two attached hydrogens (primary N) is 1. The number of rotatable bonds is 7. The summed E-state index contributed by atoms with van der Waals surface area (Å²) in [6.45, 7) is 2.67. The molecule has 0 bridgehead atoms. The van der Waals surface area contributed by atoms with Crippen LogP contribution in [0.4, 0.5) is 0 Å². The third-order valence-corrected chi connectivity index (χ3v) is 5.99. The van der Waals surface area contributed by atoms with Crippen molar-refractivity contribution in [3.63, 3.8) is 0 Å². The molecular formula is C23H26N6O4. The molecule has 3 aromatic heterocycles. The van der Waals surface area contributed by atoms with Gasteiger partial charge in [0.2, 0.25) is 0 Å². The van der Waals surface area contributed by atoms with Gasteiger partial charge < -0.3 is 24.6 Å². The molecule has 4 heterocycles. The Hall–Kier alpha value is -3.79. The lowest BCUT2D eigenvalue weighted by atomic mass is 10.1. The zero-order valence-corrected chi connectivity index (χ0v) is 18.6. The Morgan fingerprint density at radius 2 is 1.88 bits per heavy atom. The second kappa shape index (κ2) is 8.62. The first-order valence-corrected chi connectivity index (χ1v) is 10.9. The number of likely N-dealkylation sites (tertiary alicyclic amines) is 1. The number of carbonyl (C=O) groups is 1. The molecule has 1 amide bonds. The molecule has 5 rings (SSSR count). The second-order valence-electron chi connectivity index (χ2n) is 8.12. The number of hydrogen-bond acceptors (Lipinski definition) is 7. The molecule has 172 valence electrons. The third kappa shape index (κ3) is 3.93. The fourth-order valence-electron chi connectivity index (χ4n) is 4.37. The number of hydrogen-bond donors (Lipinski definition) is 3. The minimum Gasteiger partial charge on any atom is -0.493 e. The van der Waals surface area contributed by atoms with Crippen molar-refractivity contribution < 1.29 is 18.7 Å². The SMILES string of the molecule is COc1cc2nc(-c3[nH]ncc3-c3cc(CN4CCCCC4)oc3C(N)=O)[nH]c2cc1OC. The van der Waals surface area contributed by atoms with Crippen molar-refractivity contribution in [1.29, 1.82) is 0 Å². The van der Waals surface area contributed by atoms with Gasteiger partial charge in [0.05, 0.1) is 38.0 Å². The lowest BCUT2D eigenvalue weighted by Crippen LogP contribution is -2.28. The molecule has 10 heteroatoms. The topological polar surface area (TPSA) is 135 Å². The highest BCUT2D eigenvalue weighted by Crippen LogP contribution is 2.36. The van der Waals surface area contributed by atoms with Crippen LogP contribution in [-0.4, -0.2) is 58.3 Å². The van der Waals surface area contributed by atoms with Gasteiger partial charge in [-0.1, -0.05) is 6.42 Å². The van der Waals surface area contributed by atoms with Crippen LogP contribution in [-0.2, 0) is 6.54 Å². The molecule has 1 aliphatic rings. The van der Waals surface area contributed by atoms with Gasteiger partial charge in [-0.2, -0.15) is 5.10 Å². The van der Waals surface area contributed by atoms with E-state index in [2.05, 4.69) is 25.1 Å². The second-order valence-corrected chi connectivity index (χ2v) is 8.12. The Labute approximate surface area is 190 Å². The largest absolute Gasteiger partial charge is 0.493 e. The van der Waals surface area contributed by atoms with Crippen LogP contribution in [0, 0.1) is 0 Å². The van der Waals surface area contributed by atoms with Crippen LogP contribution in [0.2, 0.25) is 0 Å². The van der Waals surface area contributed by atoms with E-state index in [1.165, 1.54) is 19.3 Å². The number of carbonyl (C=O) groups excluding carboxylic acids is 1. The number of methoxy groups -OCH3 is 2. The van der Waals surface area contributed by atoms with Crippen molar-refractivity contribution in [2.24, 2.45) is 5.73 Å². The van der Waals surface area contributed by atoms with Crippen LogP contribution in [0.5, 0.6) is 11.5 Å². The lowest BCUT2D eigenvalue weighted by Gasteiger charge is -2.25. The van der Waals surface area contributed by atoms with E-state index in [0.717, 1.165) is 18.6 Å². The number of furan rings is 1. The fraction of sp³-hybridized carbons (Fsp3) is 0.348. The highest BCUT2D eigenvalue weighted by Gasteiger charge is 2.24. The Morgan fingerprint density at radius 3 is 2.61 bits per heavy atom. The Balaban J connectivity index is 1.54. The predicted molar refractivity (Wildman–Crippen MR) is 122 cm³/mol. The van der Waals surface area contributed by atoms with E-state index in [0.29, 0.717) is 52.0 Å². The summed E-state index contributed by atoms with van der Waals surface area (Å²) in [6, 6.07) is 5.50. The predicted octanol–water partition coefficient (Wildman–Crippen LogP) is 3.32. The Morgan fingerprint density at radius 1 is 1.12 bits per heavy atom. The van der Waals surface area contributed by atoms with E-state index in [1.807, 2.05) is 12.1 Å². The summed E-state index contributed by atoms with van der Waals surface area (Å²) < 4.78 is 16.7. The maximum atomic E-state index is 12.2. The van der Waals surface area contributed by atoms with Crippen molar-refractivity contribution in [3.8, 4) is 34.1 Å². The number of nitrogens with one attached hydrogen (secondary N) is 2. The van der Waals surface area contributed by atoms with Crippen molar-refractivity contribution in [3.05, 3.63) is 35.9 Å². The molecule has 0 atom stereocenters. The average Bonchev–Trinajstić information content (AvgIpc) is 3.55. The molecule has 1 saturated heterocycles. The maximum Gasteiger partial charge on any atom is 0.285 e. The molecule has 0 unspecified atom stereocenters. The third-order valence-electron chi connectivity index (χ3n) is 5.99. The fourth-order valence-corrected chi connectivity index (χ4v) is 4.37. The molecule has 10 nitrogen and oxygen atoms in total. The van der Waals surface area contributed by atoms with Crippen LogP contribution >= 0.6 is 0 Å². The summed E-state index contributed by atoms with van der Waals surface area (Å²) in [5, 5.41) is 7.18. The van der Waals surface area contributed by atoms with E-state index >= 15 is 0 Å². The summed E-state index contributed by atoms with van der Waals surface area (Å²) in [6.07, 6.45) is 5.24. The van der Waals surface area contributed by atoms with Gasteiger partial charge in [-0.3, -0.25) is 14.8 Å². The molecule has 4 aromatic rings. The summed E-state index contributed by atoms with van der Waals surface area (Å²) in [5.41, 5.74) is 9.02. The molecule has 0 radical (unpaired) electrons. The Kier molecular flexibility index (Phi) is 5.51. The highest BCUT2D eigenvalue weighted by molar-refractivity contribution is 5.99. The van der Waals surface area contributed by atoms with Gasteiger partial charge in [0.25, 0.3) is 5.91 Å². The van der Waals surface area contributed by atoms with E-state index in [9.17, 15) is 4.79 Å². The first-order chi connectivity index (χ1) is 16.1. The van der Waals surface area contributed by atoms with E-state index in [4.69, 9.17) is 19.6 Å². The number of nitrogens with zero attached hydrogens (tertiary/aromatic N) is 3. The van der Waals surface area contributed by atoms with Gasteiger partial charge in [-0.05, 0) is 32.0 Å². The quantitative estimate of drug-likeness (QED) is 0.393. The van der Waals surface area contributed by atoms with Crippen molar-refractivity contribution in [2.45, 2.75) is 25.8 Å². The number of aromatic nitrogens is 4. The Bertz CT molecular complexity index is 1260. The number of piperidine rings is 1. The summed E-state index contributed by atoms with van der Waals surface area (Å²) in [7, 11) is 3.16. The minimum absolute atomic E-state index is 0.115. The van der Waals surface area contributed by atoms with Gasteiger partial charge in [0.15, 0.2) is 23.1 Å². The van der Waals surface area contributed by atoms with Gasteiger partial charge >= 0.3 is 0 Å². The van der Waals surface area contributed by atoms with Gasteiger partial charge in [-0.15, -0.1) is 0 Å². The van der Waals surface area contributed by atoms with Crippen LogP contribution < -0.4 is 15.2 Å². The number of aromatic amines is 2. The smallest absolute Gasteiger partial charge is 0.285 e. The van der Waals surface area contributed by atoms with E-state index < -0.39 is 5.91 Å². The zero-order valence-electron chi connectivity index (χ0n) is 18.6. The monoisotopic (exact) mass is 450 g/mol. The normalized spacial score (nSPS) is 14.6. The maximum absolute atomic E-state index is 12.2. The zero-order chi connectivity index (χ0) is 22.9. The average molecular weight is 450 g/mol. The number of primary amides is 1. The summed E-state index contributed by atoms with van der Waals surface area (Å²) in [5.74, 6) is 1.93. The molecular weight excluding hydrogens is 424 g/mol. The number of benzene rings is 1. The van der Waals surface area contributed by atoms with Gasteiger partial charge in [0, 0.05) is 23.3 Å². The summed E-state index contributed by atoms with van der Waals surface area (Å²) >= 11 is 0. The number of amides is 1. The molecule has 1 fully saturated rings.